The molecule has 0 radical (unpaired) electrons. The highest BCUT2D eigenvalue weighted by molar-refractivity contribution is 7.80. The van der Waals surface area contributed by atoms with Crippen molar-refractivity contribution in [3.63, 3.8) is 0 Å². The molecule has 0 aliphatic rings. The van der Waals surface area contributed by atoms with Gasteiger partial charge in [0.15, 0.2) is 5.11 Å². The highest BCUT2D eigenvalue weighted by Crippen LogP contribution is 2.36. The molecule has 7 heteroatoms. The van der Waals surface area contributed by atoms with Crippen LogP contribution in [0.3, 0.4) is 0 Å². The lowest BCUT2D eigenvalue weighted by atomic mass is 10.2. The lowest BCUT2D eigenvalue weighted by Gasteiger charge is -2.11. The van der Waals surface area contributed by atoms with Gasteiger partial charge < -0.3 is 20.5 Å². The van der Waals surface area contributed by atoms with Gasteiger partial charge in [-0.3, -0.25) is 0 Å². The predicted molar refractivity (Wildman–Crippen MR) is 103 cm³/mol. The van der Waals surface area contributed by atoms with Crippen molar-refractivity contribution < 1.29 is 9.84 Å². The smallest absolute Gasteiger partial charge is 0.170 e. The zero-order valence-electron chi connectivity index (χ0n) is 13.1. The van der Waals surface area contributed by atoms with E-state index in [9.17, 15) is 5.11 Å². The van der Waals surface area contributed by atoms with E-state index in [-0.39, 0.29) is 5.75 Å². The van der Waals surface area contributed by atoms with Crippen LogP contribution in [-0.4, -0.2) is 35.5 Å². The third-order valence-corrected chi connectivity index (χ3v) is 4.69. The monoisotopic (exact) mass is 359 g/mol. The van der Waals surface area contributed by atoms with Gasteiger partial charge in [-0.2, -0.15) is 0 Å². The lowest BCUT2D eigenvalue weighted by Crippen LogP contribution is -2.31. The van der Waals surface area contributed by atoms with Gasteiger partial charge in [0.1, 0.15) is 10.8 Å². The molecule has 0 spiro atoms. The van der Waals surface area contributed by atoms with Crippen molar-refractivity contribution in [2.45, 2.75) is 0 Å². The Balaban J connectivity index is 1.82. The fourth-order valence-corrected chi connectivity index (χ4v) is 3.42. The van der Waals surface area contributed by atoms with E-state index >= 15 is 0 Å². The van der Waals surface area contributed by atoms with Gasteiger partial charge in [-0.1, -0.05) is 12.1 Å². The van der Waals surface area contributed by atoms with Crippen LogP contribution < -0.4 is 10.6 Å². The largest absolute Gasteiger partial charge is 0.507 e. The number of hydrogen-bond donors (Lipinski definition) is 3. The van der Waals surface area contributed by atoms with Crippen LogP contribution in [0.5, 0.6) is 5.75 Å². The molecule has 3 N–H and O–H groups in total. The number of nitrogens with zero attached hydrogens (tertiary/aromatic N) is 1. The molecule has 0 aliphatic heterocycles. The van der Waals surface area contributed by atoms with Crippen LogP contribution >= 0.6 is 23.6 Å². The minimum atomic E-state index is 0.192. The summed E-state index contributed by atoms with van der Waals surface area (Å²) in [6.07, 6.45) is 0. The molecule has 0 aliphatic carbocycles. The number of benzene rings is 2. The van der Waals surface area contributed by atoms with Gasteiger partial charge in [-0.15, -0.1) is 11.3 Å². The molecule has 0 unspecified atom stereocenters. The Labute approximate surface area is 149 Å². The molecule has 1 heterocycles. The number of rotatable bonds is 5. The first-order valence-corrected chi connectivity index (χ1v) is 8.62. The fourth-order valence-electron chi connectivity index (χ4n) is 2.21. The second-order valence-electron chi connectivity index (χ2n) is 5.09. The van der Waals surface area contributed by atoms with Crippen molar-refractivity contribution in [2.75, 3.05) is 25.6 Å². The highest BCUT2D eigenvalue weighted by Gasteiger charge is 2.11. The number of phenolic OH excluding ortho intramolecular Hbond substituents is 1. The zero-order chi connectivity index (χ0) is 16.9. The summed E-state index contributed by atoms with van der Waals surface area (Å²) < 4.78 is 6.06. The van der Waals surface area contributed by atoms with Gasteiger partial charge in [0.05, 0.1) is 22.4 Å². The Kier molecular flexibility index (Phi) is 5.24. The van der Waals surface area contributed by atoms with E-state index in [0.717, 1.165) is 20.9 Å². The third-order valence-electron chi connectivity index (χ3n) is 3.37. The van der Waals surface area contributed by atoms with E-state index in [0.29, 0.717) is 23.8 Å². The van der Waals surface area contributed by atoms with Crippen molar-refractivity contribution in [1.29, 1.82) is 0 Å². The maximum Gasteiger partial charge on any atom is 0.170 e. The lowest BCUT2D eigenvalue weighted by molar-refractivity contribution is 0.204. The van der Waals surface area contributed by atoms with Crippen molar-refractivity contribution in [1.82, 2.24) is 10.3 Å². The quantitative estimate of drug-likeness (QED) is 0.367. The van der Waals surface area contributed by atoms with Gasteiger partial charge in [-0.05, 0) is 42.5 Å². The number of para-hydroxylation sites is 1. The minimum Gasteiger partial charge on any atom is -0.507 e. The average molecular weight is 359 g/mol. The molecule has 0 amide bonds. The summed E-state index contributed by atoms with van der Waals surface area (Å²) >= 11 is 6.79. The molecule has 3 rings (SSSR count). The van der Waals surface area contributed by atoms with Gasteiger partial charge in [0, 0.05) is 19.3 Å². The Morgan fingerprint density at radius 1 is 1.29 bits per heavy atom. The summed E-state index contributed by atoms with van der Waals surface area (Å²) in [5, 5.41) is 17.6. The molecule has 24 heavy (non-hydrogen) atoms. The second-order valence-corrected chi connectivity index (χ2v) is 6.53. The van der Waals surface area contributed by atoms with E-state index in [1.165, 1.54) is 0 Å². The number of fused-ring (bicyclic) bond motifs is 1. The SMILES string of the molecule is COCCNC(=S)Nc1ccc(O)c(-c2nc3ccccc3s2)c1. The van der Waals surface area contributed by atoms with Crippen molar-refractivity contribution in [3.8, 4) is 16.3 Å². The summed E-state index contributed by atoms with van der Waals surface area (Å²) in [4.78, 5) is 4.59. The number of ether oxygens (including phenoxy) is 1. The number of thiazole rings is 1. The second kappa shape index (κ2) is 7.57. The highest BCUT2D eigenvalue weighted by atomic mass is 32.1. The molecular formula is C17H17N3O2S2. The molecule has 0 fully saturated rings. The fraction of sp³-hybridized carbons (Fsp3) is 0.176. The third kappa shape index (κ3) is 3.81. The molecule has 0 saturated carbocycles. The van der Waals surface area contributed by atoms with Gasteiger partial charge in [0.25, 0.3) is 0 Å². The number of hydrogen-bond acceptors (Lipinski definition) is 5. The van der Waals surface area contributed by atoms with Crippen molar-refractivity contribution in [2.24, 2.45) is 0 Å². The molecule has 124 valence electrons. The van der Waals surface area contributed by atoms with Crippen LogP contribution in [0.25, 0.3) is 20.8 Å². The number of thiocarbonyl (C=S) groups is 1. The van der Waals surface area contributed by atoms with E-state index < -0.39 is 0 Å². The summed E-state index contributed by atoms with van der Waals surface area (Å²) in [5.74, 6) is 0.192. The van der Waals surface area contributed by atoms with E-state index in [1.54, 1.807) is 30.6 Å². The average Bonchev–Trinajstić information content (AvgIpc) is 3.00. The topological polar surface area (TPSA) is 66.4 Å². The van der Waals surface area contributed by atoms with Gasteiger partial charge in [-0.25, -0.2) is 4.98 Å². The van der Waals surface area contributed by atoms with E-state index in [2.05, 4.69) is 15.6 Å². The molecular weight excluding hydrogens is 342 g/mol. The molecule has 3 aromatic rings. The van der Waals surface area contributed by atoms with Crippen LogP contribution in [0.4, 0.5) is 5.69 Å². The maximum absolute atomic E-state index is 10.2. The molecule has 2 aromatic carbocycles. The zero-order valence-corrected chi connectivity index (χ0v) is 14.7. The summed E-state index contributed by atoms with van der Waals surface area (Å²) in [5.41, 5.74) is 2.39. The first-order chi connectivity index (χ1) is 11.7. The van der Waals surface area contributed by atoms with Gasteiger partial charge >= 0.3 is 0 Å². The van der Waals surface area contributed by atoms with Crippen LogP contribution in [-0.2, 0) is 4.74 Å². The normalized spacial score (nSPS) is 10.7. The number of nitrogens with one attached hydrogen (secondary N) is 2. The van der Waals surface area contributed by atoms with Gasteiger partial charge in [0.2, 0.25) is 0 Å². The Hall–Kier alpha value is -2.22. The standard InChI is InChI=1S/C17H17N3O2S2/c1-22-9-8-18-17(23)19-11-6-7-14(21)12(10-11)16-20-13-4-2-3-5-15(13)24-16/h2-7,10,21H,8-9H2,1H3,(H2,18,19,23). The molecule has 1 aromatic heterocycles. The number of aromatic hydroxyl groups is 1. The molecule has 0 atom stereocenters. The first-order valence-electron chi connectivity index (χ1n) is 7.40. The number of methoxy groups -OCH3 is 1. The Morgan fingerprint density at radius 3 is 2.92 bits per heavy atom. The van der Waals surface area contributed by atoms with Crippen LogP contribution in [0.1, 0.15) is 0 Å². The van der Waals surface area contributed by atoms with Crippen LogP contribution in [0.2, 0.25) is 0 Å². The maximum atomic E-state index is 10.2. The minimum absolute atomic E-state index is 0.192. The van der Waals surface area contributed by atoms with Crippen molar-refractivity contribution in [3.05, 3.63) is 42.5 Å². The Bertz CT molecular complexity index is 831. The molecule has 5 nitrogen and oxygen atoms in total. The number of anilines is 1. The summed E-state index contributed by atoms with van der Waals surface area (Å²) in [7, 11) is 1.64. The number of phenols is 1. The van der Waals surface area contributed by atoms with Crippen LogP contribution in [0.15, 0.2) is 42.5 Å². The number of aromatic nitrogens is 1. The predicted octanol–water partition coefficient (Wildman–Crippen LogP) is 3.60. The van der Waals surface area contributed by atoms with Crippen molar-refractivity contribution >= 4 is 44.6 Å². The van der Waals surface area contributed by atoms with E-state index in [4.69, 9.17) is 17.0 Å². The molecule has 0 bridgehead atoms. The Morgan fingerprint density at radius 2 is 2.12 bits per heavy atom. The summed E-state index contributed by atoms with van der Waals surface area (Å²) in [6.45, 7) is 1.21. The van der Waals surface area contributed by atoms with E-state index in [1.807, 2.05) is 30.3 Å². The first kappa shape index (κ1) is 16.6. The molecule has 0 saturated heterocycles. The van der Waals surface area contributed by atoms with Crippen LogP contribution in [0, 0.1) is 0 Å². The summed E-state index contributed by atoms with van der Waals surface area (Å²) in [6, 6.07) is 13.2.